The molecule has 0 heterocycles. The Labute approximate surface area is 86.5 Å². The minimum atomic E-state index is -3.66. The van der Waals surface area contributed by atoms with Gasteiger partial charge >= 0.3 is 0 Å². The molecule has 0 aromatic heterocycles. The van der Waals surface area contributed by atoms with E-state index in [1.165, 1.54) is 11.8 Å². The summed E-state index contributed by atoms with van der Waals surface area (Å²) in [6.07, 6.45) is 0. The first-order valence-electron chi connectivity index (χ1n) is 4.80. The fourth-order valence-electron chi connectivity index (χ4n) is 0.762. The molecule has 14 heavy (non-hydrogen) atoms. The van der Waals surface area contributed by atoms with Crippen molar-refractivity contribution in [2.45, 2.75) is 20.8 Å². The first kappa shape index (κ1) is 16.3. The standard InChI is InChI=1S/C6H15NO.C2H6O3S/c1-3-7(4-2)5-6-8;1-2-6(3,4)5/h8H,3-6H2,1-2H3;2H2,1H3,(H,3,4,5)/p+1. The second kappa shape index (κ2) is 9.39. The lowest BCUT2D eigenvalue weighted by molar-refractivity contribution is -0.896. The molecule has 0 unspecified atom stereocenters. The molecular weight excluding hydrogens is 206 g/mol. The van der Waals surface area contributed by atoms with Crippen molar-refractivity contribution in [1.82, 2.24) is 0 Å². The molecule has 0 saturated carbocycles. The molecule has 0 aliphatic heterocycles. The number of likely N-dealkylation sites (N-methyl/N-ethyl adjacent to an activating group) is 1. The monoisotopic (exact) mass is 228 g/mol. The average molecular weight is 228 g/mol. The van der Waals surface area contributed by atoms with E-state index in [1.807, 2.05) is 0 Å². The van der Waals surface area contributed by atoms with Crippen molar-refractivity contribution in [1.29, 1.82) is 0 Å². The maximum absolute atomic E-state index is 9.56. The molecule has 0 amide bonds. The maximum atomic E-state index is 9.56. The summed E-state index contributed by atoms with van der Waals surface area (Å²) in [5, 5.41) is 8.48. The van der Waals surface area contributed by atoms with Crippen molar-refractivity contribution >= 4 is 10.1 Å². The zero-order valence-electron chi connectivity index (χ0n) is 9.15. The largest absolute Gasteiger partial charge is 0.391 e. The highest BCUT2D eigenvalue weighted by molar-refractivity contribution is 7.85. The number of aliphatic hydroxyl groups is 1. The van der Waals surface area contributed by atoms with Gasteiger partial charge in [-0.25, -0.2) is 0 Å². The van der Waals surface area contributed by atoms with Crippen LogP contribution in [-0.4, -0.2) is 50.1 Å². The summed E-state index contributed by atoms with van der Waals surface area (Å²) < 4.78 is 26.9. The van der Waals surface area contributed by atoms with Crippen LogP contribution >= 0.6 is 0 Å². The van der Waals surface area contributed by atoms with Crippen molar-refractivity contribution in [2.75, 3.05) is 32.0 Å². The van der Waals surface area contributed by atoms with E-state index in [4.69, 9.17) is 9.66 Å². The molecule has 0 radical (unpaired) electrons. The molecule has 0 fully saturated rings. The van der Waals surface area contributed by atoms with Gasteiger partial charge in [0.05, 0.1) is 25.4 Å². The van der Waals surface area contributed by atoms with Crippen LogP contribution in [0.15, 0.2) is 0 Å². The van der Waals surface area contributed by atoms with Gasteiger partial charge in [0, 0.05) is 0 Å². The molecule has 5 nitrogen and oxygen atoms in total. The van der Waals surface area contributed by atoms with Gasteiger partial charge in [-0.3, -0.25) is 4.55 Å². The number of hydrogen-bond donors (Lipinski definition) is 3. The molecule has 0 rings (SSSR count). The van der Waals surface area contributed by atoms with Crippen LogP contribution in [0.3, 0.4) is 0 Å². The van der Waals surface area contributed by atoms with Crippen LogP contribution in [-0.2, 0) is 10.1 Å². The maximum Gasteiger partial charge on any atom is 0.264 e. The topological polar surface area (TPSA) is 79.0 Å². The predicted molar refractivity (Wildman–Crippen MR) is 56.1 cm³/mol. The molecule has 88 valence electrons. The lowest BCUT2D eigenvalue weighted by atomic mass is 10.5. The first-order valence-corrected chi connectivity index (χ1v) is 6.41. The van der Waals surface area contributed by atoms with Crippen LogP contribution in [0.4, 0.5) is 0 Å². The lowest BCUT2D eigenvalue weighted by Gasteiger charge is -2.12. The quantitative estimate of drug-likeness (QED) is 0.516. The van der Waals surface area contributed by atoms with E-state index in [-0.39, 0.29) is 5.75 Å². The third-order valence-corrected chi connectivity index (χ3v) is 2.56. The Kier molecular flexibility index (Phi) is 10.9. The van der Waals surface area contributed by atoms with Crippen LogP contribution in [0.1, 0.15) is 20.8 Å². The van der Waals surface area contributed by atoms with E-state index in [1.54, 1.807) is 0 Å². The highest BCUT2D eigenvalue weighted by Gasteiger charge is 1.97. The summed E-state index contributed by atoms with van der Waals surface area (Å²) in [5.41, 5.74) is 0. The van der Waals surface area contributed by atoms with E-state index in [2.05, 4.69) is 13.8 Å². The molecule has 0 aliphatic rings. The highest BCUT2D eigenvalue weighted by Crippen LogP contribution is 1.74. The first-order chi connectivity index (χ1) is 6.41. The third kappa shape index (κ3) is 14.4. The van der Waals surface area contributed by atoms with Crippen molar-refractivity contribution in [3.63, 3.8) is 0 Å². The van der Waals surface area contributed by atoms with Gasteiger partial charge in [-0.15, -0.1) is 0 Å². The summed E-state index contributed by atoms with van der Waals surface area (Å²) in [5.74, 6) is -0.201. The average Bonchev–Trinajstić information content (AvgIpc) is 2.14. The predicted octanol–water partition coefficient (Wildman–Crippen LogP) is -1.20. The van der Waals surface area contributed by atoms with E-state index >= 15 is 0 Å². The van der Waals surface area contributed by atoms with Crippen LogP contribution in [0.5, 0.6) is 0 Å². The third-order valence-electron chi connectivity index (χ3n) is 1.83. The van der Waals surface area contributed by atoms with Crippen LogP contribution in [0.2, 0.25) is 0 Å². The number of quaternary nitrogens is 1. The van der Waals surface area contributed by atoms with E-state index < -0.39 is 10.1 Å². The summed E-state index contributed by atoms with van der Waals surface area (Å²) in [7, 11) is -3.66. The zero-order chi connectivity index (χ0) is 11.6. The normalized spacial score (nSPS) is 11.0. The van der Waals surface area contributed by atoms with Gasteiger partial charge in [-0.05, 0) is 20.8 Å². The Morgan fingerprint density at radius 1 is 1.14 bits per heavy atom. The fourth-order valence-corrected chi connectivity index (χ4v) is 0.762. The molecule has 0 aromatic carbocycles. The number of rotatable bonds is 5. The van der Waals surface area contributed by atoms with Crippen LogP contribution in [0, 0.1) is 0 Å². The Morgan fingerprint density at radius 2 is 1.50 bits per heavy atom. The molecule has 3 N–H and O–H groups in total. The molecule has 0 aromatic rings. The molecule has 0 atom stereocenters. The Hall–Kier alpha value is -0.170. The molecule has 0 saturated heterocycles. The smallest absolute Gasteiger partial charge is 0.264 e. The number of aliphatic hydroxyl groups excluding tert-OH is 1. The molecule has 0 aliphatic carbocycles. The van der Waals surface area contributed by atoms with Gasteiger partial charge in [-0.1, -0.05) is 0 Å². The minimum Gasteiger partial charge on any atom is -0.391 e. The highest BCUT2D eigenvalue weighted by atomic mass is 32.2. The van der Waals surface area contributed by atoms with Gasteiger partial charge in [0.25, 0.3) is 10.1 Å². The molecule has 0 bridgehead atoms. The fraction of sp³-hybridized carbons (Fsp3) is 1.00. The summed E-state index contributed by atoms with van der Waals surface area (Å²) in [6, 6.07) is 0. The van der Waals surface area contributed by atoms with Crippen molar-refractivity contribution < 1.29 is 23.0 Å². The van der Waals surface area contributed by atoms with Crippen LogP contribution < -0.4 is 4.90 Å². The summed E-state index contributed by atoms with van der Waals surface area (Å²) >= 11 is 0. The van der Waals surface area contributed by atoms with E-state index in [0.29, 0.717) is 6.61 Å². The van der Waals surface area contributed by atoms with Gasteiger partial charge in [0.2, 0.25) is 0 Å². The second-order valence-electron chi connectivity index (χ2n) is 2.80. The number of nitrogens with one attached hydrogen (secondary N) is 1. The van der Waals surface area contributed by atoms with Gasteiger partial charge < -0.3 is 10.0 Å². The Bertz CT molecular complexity index is 199. The summed E-state index contributed by atoms with van der Waals surface area (Å²) in [4.78, 5) is 1.47. The summed E-state index contributed by atoms with van der Waals surface area (Å²) in [6.45, 7) is 9.09. The minimum absolute atomic E-state index is 0.201. The van der Waals surface area contributed by atoms with Crippen molar-refractivity contribution in [3.8, 4) is 0 Å². The molecular formula is C8H22NO4S+. The van der Waals surface area contributed by atoms with E-state index in [9.17, 15) is 8.42 Å². The molecule has 6 heteroatoms. The van der Waals surface area contributed by atoms with Crippen molar-refractivity contribution in [3.05, 3.63) is 0 Å². The van der Waals surface area contributed by atoms with Gasteiger partial charge in [0.1, 0.15) is 6.54 Å². The van der Waals surface area contributed by atoms with Gasteiger partial charge in [-0.2, -0.15) is 8.42 Å². The van der Waals surface area contributed by atoms with Crippen LogP contribution in [0.25, 0.3) is 0 Å². The van der Waals surface area contributed by atoms with Gasteiger partial charge in [0.15, 0.2) is 0 Å². The van der Waals surface area contributed by atoms with Crippen molar-refractivity contribution in [2.24, 2.45) is 0 Å². The molecule has 0 spiro atoms. The lowest BCUT2D eigenvalue weighted by Crippen LogP contribution is -3.11. The zero-order valence-corrected chi connectivity index (χ0v) is 9.97. The Balaban J connectivity index is 0. The number of hydrogen-bond acceptors (Lipinski definition) is 3. The Morgan fingerprint density at radius 3 is 1.57 bits per heavy atom. The van der Waals surface area contributed by atoms with E-state index in [0.717, 1.165) is 19.6 Å². The second-order valence-corrected chi connectivity index (χ2v) is 4.54. The SMILES string of the molecule is CCS(=O)(=O)O.CC[NH+](CC)CCO.